The van der Waals surface area contributed by atoms with Crippen LogP contribution in [0.4, 0.5) is 5.69 Å². The third-order valence-electron chi connectivity index (χ3n) is 4.52. The third-order valence-corrected chi connectivity index (χ3v) is 5.11. The number of hydrogen-bond acceptors (Lipinski definition) is 4. The number of amides is 1. The molecule has 0 fully saturated rings. The fraction of sp³-hybridized carbons (Fsp3) is 0.350. The highest BCUT2D eigenvalue weighted by Gasteiger charge is 2.24. The topological polar surface area (TPSA) is 42.0 Å². The molecule has 138 valence electrons. The van der Waals surface area contributed by atoms with Gasteiger partial charge in [0, 0.05) is 37.9 Å². The number of benzene rings is 2. The van der Waals surface area contributed by atoms with Crippen molar-refractivity contribution in [2.75, 3.05) is 38.8 Å². The van der Waals surface area contributed by atoms with Crippen LogP contribution in [0.1, 0.15) is 22.8 Å². The molecule has 5 nitrogen and oxygen atoms in total. The van der Waals surface area contributed by atoms with Gasteiger partial charge in [0.05, 0.1) is 18.2 Å². The Hall–Kier alpha value is -2.21. The highest BCUT2D eigenvalue weighted by molar-refractivity contribution is 9.10. The fourth-order valence-electron chi connectivity index (χ4n) is 3.18. The highest BCUT2D eigenvalue weighted by atomic mass is 79.9. The van der Waals surface area contributed by atoms with Crippen LogP contribution >= 0.6 is 15.9 Å². The minimum absolute atomic E-state index is 0.0165. The molecule has 0 bridgehead atoms. The first-order valence-electron chi connectivity index (χ1n) is 8.63. The van der Waals surface area contributed by atoms with Crippen LogP contribution in [0.2, 0.25) is 0 Å². The van der Waals surface area contributed by atoms with E-state index in [1.165, 1.54) is 5.69 Å². The van der Waals surface area contributed by atoms with Gasteiger partial charge in [0.2, 0.25) is 0 Å². The molecule has 0 N–H and O–H groups in total. The van der Waals surface area contributed by atoms with E-state index in [1.54, 1.807) is 19.2 Å². The summed E-state index contributed by atoms with van der Waals surface area (Å²) in [4.78, 5) is 17.2. The van der Waals surface area contributed by atoms with Crippen molar-refractivity contribution in [1.82, 2.24) is 4.90 Å². The minimum Gasteiger partial charge on any atom is -0.493 e. The maximum absolute atomic E-state index is 13.1. The van der Waals surface area contributed by atoms with Gasteiger partial charge >= 0.3 is 0 Å². The lowest BCUT2D eigenvalue weighted by molar-refractivity contribution is 0.0751. The number of para-hydroxylation sites is 1. The molecule has 2 aromatic carbocycles. The Morgan fingerprint density at radius 1 is 1.23 bits per heavy atom. The molecule has 2 aromatic rings. The van der Waals surface area contributed by atoms with Crippen LogP contribution in [0.3, 0.4) is 0 Å². The van der Waals surface area contributed by atoms with Crippen molar-refractivity contribution in [2.45, 2.75) is 13.5 Å². The summed E-state index contributed by atoms with van der Waals surface area (Å²) in [5.74, 6) is 1.15. The number of hydrogen-bond donors (Lipinski definition) is 0. The second-order valence-corrected chi connectivity index (χ2v) is 7.05. The van der Waals surface area contributed by atoms with E-state index in [0.29, 0.717) is 36.8 Å². The van der Waals surface area contributed by atoms with Gasteiger partial charge in [-0.25, -0.2) is 0 Å². The van der Waals surface area contributed by atoms with Crippen LogP contribution in [0, 0.1) is 0 Å². The Labute approximate surface area is 162 Å². The maximum atomic E-state index is 13.1. The first-order chi connectivity index (χ1) is 12.5. The molecule has 3 rings (SSSR count). The predicted octanol–water partition coefficient (Wildman–Crippen LogP) is 3.95. The molecule has 26 heavy (non-hydrogen) atoms. The Balaban J connectivity index is 1.91. The summed E-state index contributed by atoms with van der Waals surface area (Å²) in [7, 11) is 3.64. The summed E-state index contributed by atoms with van der Waals surface area (Å²) < 4.78 is 11.8. The summed E-state index contributed by atoms with van der Waals surface area (Å²) in [5, 5.41) is 0. The lowest BCUT2D eigenvalue weighted by Gasteiger charge is -2.22. The molecule has 0 saturated heterocycles. The molecule has 1 aliphatic rings. The zero-order valence-electron chi connectivity index (χ0n) is 15.3. The van der Waals surface area contributed by atoms with Gasteiger partial charge in [-0.05, 0) is 46.6 Å². The monoisotopic (exact) mass is 418 g/mol. The molecule has 0 aromatic heterocycles. The van der Waals surface area contributed by atoms with Gasteiger partial charge in [-0.3, -0.25) is 4.79 Å². The number of fused-ring (bicyclic) bond motifs is 1. The van der Waals surface area contributed by atoms with Crippen LogP contribution in [-0.4, -0.2) is 44.7 Å². The summed E-state index contributed by atoms with van der Waals surface area (Å²) in [6, 6.07) is 11.8. The van der Waals surface area contributed by atoms with Crippen molar-refractivity contribution in [3.8, 4) is 11.5 Å². The largest absolute Gasteiger partial charge is 0.493 e. The second-order valence-electron chi connectivity index (χ2n) is 6.20. The smallest absolute Gasteiger partial charge is 0.254 e. The maximum Gasteiger partial charge on any atom is 0.254 e. The van der Waals surface area contributed by atoms with E-state index < -0.39 is 0 Å². The van der Waals surface area contributed by atoms with Crippen LogP contribution in [0.5, 0.6) is 11.5 Å². The van der Waals surface area contributed by atoms with Gasteiger partial charge in [0.1, 0.15) is 0 Å². The molecule has 6 heteroatoms. The molecule has 1 amide bonds. The Bertz CT molecular complexity index is 810. The average molecular weight is 419 g/mol. The molecular formula is C20H23BrN2O3. The zero-order chi connectivity index (χ0) is 18.7. The van der Waals surface area contributed by atoms with Crippen molar-refractivity contribution in [2.24, 2.45) is 0 Å². The number of ether oxygens (including phenoxy) is 2. The molecule has 0 aliphatic carbocycles. The van der Waals surface area contributed by atoms with Gasteiger partial charge in [-0.2, -0.15) is 0 Å². The number of halogens is 1. The fourth-order valence-corrected chi connectivity index (χ4v) is 3.73. The van der Waals surface area contributed by atoms with Crippen molar-refractivity contribution in [3.05, 3.63) is 52.0 Å². The van der Waals surface area contributed by atoms with E-state index in [9.17, 15) is 4.79 Å². The van der Waals surface area contributed by atoms with E-state index in [0.717, 1.165) is 16.6 Å². The van der Waals surface area contributed by atoms with Crippen LogP contribution < -0.4 is 14.4 Å². The third kappa shape index (κ3) is 3.65. The van der Waals surface area contributed by atoms with Crippen molar-refractivity contribution >= 4 is 27.5 Å². The van der Waals surface area contributed by atoms with Gasteiger partial charge in [-0.15, -0.1) is 0 Å². The molecule has 0 spiro atoms. The number of carbonyl (C=O) groups is 1. The number of nitrogens with zero attached hydrogens (tertiary/aromatic N) is 2. The Morgan fingerprint density at radius 3 is 2.73 bits per heavy atom. The van der Waals surface area contributed by atoms with Crippen molar-refractivity contribution in [1.29, 1.82) is 0 Å². The summed E-state index contributed by atoms with van der Waals surface area (Å²) in [6.45, 7) is 4.48. The molecular weight excluding hydrogens is 396 g/mol. The van der Waals surface area contributed by atoms with E-state index in [1.807, 2.05) is 24.0 Å². The molecule has 0 saturated carbocycles. The summed E-state index contributed by atoms with van der Waals surface area (Å²) in [5.41, 5.74) is 2.91. The van der Waals surface area contributed by atoms with E-state index in [2.05, 4.69) is 40.0 Å². The summed E-state index contributed by atoms with van der Waals surface area (Å²) in [6.07, 6.45) is 0. The lowest BCUT2D eigenvalue weighted by atomic mass is 10.1. The molecule has 1 aliphatic heterocycles. The van der Waals surface area contributed by atoms with Gasteiger partial charge in [0.15, 0.2) is 11.5 Å². The standard InChI is InChI=1S/C20H23BrN2O3/c1-4-26-19-16(21)11-15(12-18(19)25-3)20(24)23-10-9-22(2)17-8-6-5-7-14(17)13-23/h5-8,11-12H,4,9-10,13H2,1-3H3. The molecule has 1 heterocycles. The first-order valence-corrected chi connectivity index (χ1v) is 9.43. The SMILES string of the molecule is CCOc1c(Br)cc(C(=O)N2CCN(C)c3ccccc3C2)cc1OC. The first kappa shape index (κ1) is 18.6. The van der Waals surface area contributed by atoms with Gasteiger partial charge < -0.3 is 19.3 Å². The number of anilines is 1. The molecule has 0 unspecified atom stereocenters. The second kappa shape index (κ2) is 7.99. The van der Waals surface area contributed by atoms with E-state index >= 15 is 0 Å². The normalized spacial score (nSPS) is 13.8. The van der Waals surface area contributed by atoms with Crippen LogP contribution in [-0.2, 0) is 6.54 Å². The van der Waals surface area contributed by atoms with E-state index in [-0.39, 0.29) is 5.91 Å². The number of methoxy groups -OCH3 is 1. The minimum atomic E-state index is -0.0165. The van der Waals surface area contributed by atoms with E-state index in [4.69, 9.17) is 9.47 Å². The van der Waals surface area contributed by atoms with Gasteiger partial charge in [-0.1, -0.05) is 18.2 Å². The quantitative estimate of drug-likeness (QED) is 0.753. The van der Waals surface area contributed by atoms with Gasteiger partial charge in [0.25, 0.3) is 5.91 Å². The lowest BCUT2D eigenvalue weighted by Crippen LogP contribution is -2.34. The van der Waals surface area contributed by atoms with Crippen LogP contribution in [0.25, 0.3) is 0 Å². The predicted molar refractivity (Wildman–Crippen MR) is 106 cm³/mol. The number of carbonyl (C=O) groups excluding carboxylic acids is 1. The Morgan fingerprint density at radius 2 is 2.00 bits per heavy atom. The average Bonchev–Trinajstić information content (AvgIpc) is 2.82. The van der Waals surface area contributed by atoms with Crippen molar-refractivity contribution in [3.63, 3.8) is 0 Å². The number of likely N-dealkylation sites (N-methyl/N-ethyl adjacent to an activating group) is 1. The zero-order valence-corrected chi connectivity index (χ0v) is 16.9. The number of rotatable bonds is 4. The Kier molecular flexibility index (Phi) is 5.71. The van der Waals surface area contributed by atoms with Crippen LogP contribution in [0.15, 0.2) is 40.9 Å². The highest BCUT2D eigenvalue weighted by Crippen LogP contribution is 2.37. The molecule has 0 radical (unpaired) electrons. The molecule has 0 atom stereocenters. The summed E-state index contributed by atoms with van der Waals surface area (Å²) >= 11 is 3.50. The van der Waals surface area contributed by atoms with Crippen molar-refractivity contribution < 1.29 is 14.3 Å².